The van der Waals surface area contributed by atoms with Crippen LogP contribution in [0.5, 0.6) is 0 Å². The number of hydrogen-bond donors (Lipinski definition) is 2. The fourth-order valence-corrected chi connectivity index (χ4v) is 2.11. The summed E-state index contributed by atoms with van der Waals surface area (Å²) in [5, 5.41) is 14.0. The van der Waals surface area contributed by atoms with Crippen LogP contribution in [-0.4, -0.2) is 22.0 Å². The Balaban J connectivity index is 2.42. The van der Waals surface area contributed by atoms with Gasteiger partial charge in [-0.1, -0.05) is 0 Å². The van der Waals surface area contributed by atoms with Gasteiger partial charge in [0.15, 0.2) is 0 Å². The molecule has 2 N–H and O–H groups in total. The van der Waals surface area contributed by atoms with Crippen molar-refractivity contribution in [2.24, 2.45) is 0 Å². The quantitative estimate of drug-likeness (QED) is 0.812. The first-order chi connectivity index (χ1) is 7.92. The zero-order valence-electron chi connectivity index (χ0n) is 9.90. The average molecular weight is 256 g/mol. The summed E-state index contributed by atoms with van der Waals surface area (Å²) in [6, 6.07) is 0. The SMILES string of the molecule is CC(C)(NC(=O)CCCC(=O)O)c1nccs1. The zero-order chi connectivity index (χ0) is 12.9. The second kappa shape index (κ2) is 5.77. The van der Waals surface area contributed by atoms with Crippen LogP contribution in [0.2, 0.25) is 0 Å². The van der Waals surface area contributed by atoms with Crippen molar-refractivity contribution in [3.8, 4) is 0 Å². The van der Waals surface area contributed by atoms with Crippen molar-refractivity contribution >= 4 is 23.2 Å². The predicted octanol–water partition coefficient (Wildman–Crippen LogP) is 1.75. The second-order valence-electron chi connectivity index (χ2n) is 4.26. The Morgan fingerprint density at radius 1 is 1.47 bits per heavy atom. The van der Waals surface area contributed by atoms with Gasteiger partial charge in [-0.3, -0.25) is 9.59 Å². The molecule has 0 aliphatic carbocycles. The van der Waals surface area contributed by atoms with Crippen molar-refractivity contribution in [1.82, 2.24) is 10.3 Å². The second-order valence-corrected chi connectivity index (χ2v) is 5.15. The highest BCUT2D eigenvalue weighted by Gasteiger charge is 2.25. The molecule has 1 rings (SSSR count). The van der Waals surface area contributed by atoms with Crippen molar-refractivity contribution in [1.29, 1.82) is 0 Å². The van der Waals surface area contributed by atoms with Crippen LogP contribution < -0.4 is 5.32 Å². The number of aromatic nitrogens is 1. The number of hydrogen-bond acceptors (Lipinski definition) is 4. The lowest BCUT2D eigenvalue weighted by molar-refractivity contribution is -0.137. The minimum Gasteiger partial charge on any atom is -0.481 e. The Bertz CT molecular complexity index is 387. The third-order valence-electron chi connectivity index (χ3n) is 2.21. The van der Waals surface area contributed by atoms with Gasteiger partial charge in [-0.2, -0.15) is 0 Å². The van der Waals surface area contributed by atoms with E-state index >= 15 is 0 Å². The molecule has 1 aromatic heterocycles. The minimum absolute atomic E-state index is 0.0189. The van der Waals surface area contributed by atoms with Crippen LogP contribution in [0.3, 0.4) is 0 Å². The van der Waals surface area contributed by atoms with Crippen LogP contribution in [0.15, 0.2) is 11.6 Å². The minimum atomic E-state index is -0.878. The molecule has 1 amide bonds. The standard InChI is InChI=1S/C11H16N2O3S/c1-11(2,10-12-6-7-17-10)13-8(14)4-3-5-9(15)16/h6-7H,3-5H2,1-2H3,(H,13,14)(H,15,16). The first-order valence-corrected chi connectivity index (χ1v) is 6.22. The number of carboxylic acids is 1. The van der Waals surface area contributed by atoms with E-state index in [-0.39, 0.29) is 18.7 Å². The maximum Gasteiger partial charge on any atom is 0.303 e. The number of nitrogens with one attached hydrogen (secondary N) is 1. The van der Waals surface area contributed by atoms with Gasteiger partial charge in [0.05, 0.1) is 5.54 Å². The number of nitrogens with zero attached hydrogens (tertiary/aromatic N) is 1. The van der Waals surface area contributed by atoms with E-state index in [0.29, 0.717) is 6.42 Å². The van der Waals surface area contributed by atoms with Crippen molar-refractivity contribution in [2.75, 3.05) is 0 Å². The van der Waals surface area contributed by atoms with Gasteiger partial charge in [0.1, 0.15) is 5.01 Å². The number of rotatable bonds is 6. The van der Waals surface area contributed by atoms with E-state index in [0.717, 1.165) is 5.01 Å². The number of carbonyl (C=O) groups excluding carboxylic acids is 1. The molecule has 0 fully saturated rings. The molecule has 0 saturated carbocycles. The number of carboxylic acid groups (broad SMARTS) is 1. The van der Waals surface area contributed by atoms with Crippen LogP contribution in [0.1, 0.15) is 38.1 Å². The predicted molar refractivity (Wildman–Crippen MR) is 64.8 cm³/mol. The summed E-state index contributed by atoms with van der Waals surface area (Å²) in [7, 11) is 0. The molecule has 0 aliphatic rings. The van der Waals surface area contributed by atoms with Crippen molar-refractivity contribution in [3.05, 3.63) is 16.6 Å². The Morgan fingerprint density at radius 3 is 2.71 bits per heavy atom. The van der Waals surface area contributed by atoms with E-state index in [9.17, 15) is 9.59 Å². The highest BCUT2D eigenvalue weighted by Crippen LogP contribution is 2.22. The summed E-state index contributed by atoms with van der Waals surface area (Å²) in [6.07, 6.45) is 2.29. The smallest absolute Gasteiger partial charge is 0.303 e. The Labute approximate surface area is 104 Å². The molecule has 0 atom stereocenters. The van der Waals surface area contributed by atoms with Crippen molar-refractivity contribution in [3.63, 3.8) is 0 Å². The number of carbonyl (C=O) groups is 2. The van der Waals surface area contributed by atoms with Crippen molar-refractivity contribution in [2.45, 2.75) is 38.6 Å². The summed E-state index contributed by atoms with van der Waals surface area (Å²) in [5.41, 5.74) is -0.505. The maximum atomic E-state index is 11.6. The molecule has 0 bridgehead atoms. The largest absolute Gasteiger partial charge is 0.481 e. The Hall–Kier alpha value is -1.43. The van der Waals surface area contributed by atoms with Crippen LogP contribution >= 0.6 is 11.3 Å². The average Bonchev–Trinajstić information content (AvgIpc) is 2.68. The summed E-state index contributed by atoms with van der Waals surface area (Å²) >= 11 is 1.48. The van der Waals surface area contributed by atoms with Gasteiger partial charge in [0.2, 0.25) is 5.91 Å². The van der Waals surface area contributed by atoms with E-state index in [1.165, 1.54) is 11.3 Å². The van der Waals surface area contributed by atoms with E-state index in [1.807, 2.05) is 19.2 Å². The van der Waals surface area contributed by atoms with Crippen molar-refractivity contribution < 1.29 is 14.7 Å². The number of amides is 1. The van der Waals surface area contributed by atoms with Gasteiger partial charge in [-0.05, 0) is 20.3 Å². The van der Waals surface area contributed by atoms with Gasteiger partial charge in [-0.15, -0.1) is 11.3 Å². The fraction of sp³-hybridized carbons (Fsp3) is 0.545. The normalized spacial score (nSPS) is 11.2. The van der Waals surface area contributed by atoms with E-state index in [1.54, 1.807) is 6.20 Å². The molecule has 6 heteroatoms. The molecule has 0 unspecified atom stereocenters. The molecule has 1 aromatic rings. The molecule has 1 heterocycles. The first kappa shape index (κ1) is 13.6. The molecular weight excluding hydrogens is 240 g/mol. The summed E-state index contributed by atoms with van der Waals surface area (Å²) in [6.45, 7) is 3.75. The topological polar surface area (TPSA) is 79.3 Å². The molecule has 0 radical (unpaired) electrons. The van der Waals surface area contributed by atoms with Gasteiger partial charge in [-0.25, -0.2) is 4.98 Å². The Kier molecular flexibility index (Phi) is 4.62. The molecule has 94 valence electrons. The van der Waals surface area contributed by atoms with Gasteiger partial charge in [0, 0.05) is 24.4 Å². The maximum absolute atomic E-state index is 11.6. The van der Waals surface area contributed by atoms with E-state index in [2.05, 4.69) is 10.3 Å². The molecular formula is C11H16N2O3S. The van der Waals surface area contributed by atoms with Crippen LogP contribution in [-0.2, 0) is 15.1 Å². The fourth-order valence-electron chi connectivity index (χ4n) is 1.40. The molecule has 0 aliphatic heterocycles. The molecule has 0 spiro atoms. The highest BCUT2D eigenvalue weighted by molar-refractivity contribution is 7.09. The van der Waals surface area contributed by atoms with Crippen LogP contribution in [0.25, 0.3) is 0 Å². The first-order valence-electron chi connectivity index (χ1n) is 5.34. The zero-order valence-corrected chi connectivity index (χ0v) is 10.7. The molecule has 0 saturated heterocycles. The van der Waals surface area contributed by atoms with Gasteiger partial charge < -0.3 is 10.4 Å². The number of thiazole rings is 1. The van der Waals surface area contributed by atoms with Gasteiger partial charge >= 0.3 is 5.97 Å². The summed E-state index contributed by atoms with van der Waals surface area (Å²) in [5.74, 6) is -1.02. The van der Waals surface area contributed by atoms with Crippen LogP contribution in [0, 0.1) is 0 Å². The van der Waals surface area contributed by atoms with Gasteiger partial charge in [0.25, 0.3) is 0 Å². The summed E-state index contributed by atoms with van der Waals surface area (Å²) < 4.78 is 0. The highest BCUT2D eigenvalue weighted by atomic mass is 32.1. The molecule has 17 heavy (non-hydrogen) atoms. The monoisotopic (exact) mass is 256 g/mol. The molecule has 0 aromatic carbocycles. The third-order valence-corrected chi connectivity index (χ3v) is 3.31. The lowest BCUT2D eigenvalue weighted by atomic mass is 10.1. The van der Waals surface area contributed by atoms with E-state index < -0.39 is 11.5 Å². The number of aliphatic carboxylic acids is 1. The Morgan fingerprint density at radius 2 is 2.18 bits per heavy atom. The summed E-state index contributed by atoms with van der Waals surface area (Å²) in [4.78, 5) is 26.1. The third kappa shape index (κ3) is 4.52. The van der Waals surface area contributed by atoms with E-state index in [4.69, 9.17) is 5.11 Å². The lowest BCUT2D eigenvalue weighted by Crippen LogP contribution is -2.40. The van der Waals surface area contributed by atoms with Crippen LogP contribution in [0.4, 0.5) is 0 Å². The lowest BCUT2D eigenvalue weighted by Gasteiger charge is -2.23. The molecule has 5 nitrogen and oxygen atoms in total.